The number of hydrogen-bond donors (Lipinski definition) is 1. The fraction of sp³-hybridized carbons (Fsp3) is 0.222. The number of nitrogens with zero attached hydrogens (tertiary/aromatic N) is 1. The van der Waals surface area contributed by atoms with Gasteiger partial charge in [0.2, 0.25) is 0 Å². The molecule has 1 rings (SSSR count). The fourth-order valence-electron chi connectivity index (χ4n) is 1.13. The molecule has 0 atom stereocenters. The minimum atomic E-state index is -0.565. The SMILES string of the molecule is CNC(=O)c1cc(C)ccc1[N+](=O)[O-]. The van der Waals surface area contributed by atoms with Crippen LogP contribution in [0.5, 0.6) is 0 Å². The second kappa shape index (κ2) is 3.87. The van der Waals surface area contributed by atoms with Gasteiger partial charge in [0, 0.05) is 13.1 Å². The lowest BCUT2D eigenvalue weighted by Gasteiger charge is -2.02. The van der Waals surface area contributed by atoms with Crippen LogP contribution in [0.15, 0.2) is 18.2 Å². The summed E-state index contributed by atoms with van der Waals surface area (Å²) in [4.78, 5) is 21.3. The maximum atomic E-state index is 11.3. The smallest absolute Gasteiger partial charge is 0.282 e. The summed E-state index contributed by atoms with van der Waals surface area (Å²) in [5, 5.41) is 12.9. The van der Waals surface area contributed by atoms with Crippen LogP contribution >= 0.6 is 0 Å². The first-order chi connectivity index (χ1) is 6.56. The maximum absolute atomic E-state index is 11.3. The minimum Gasteiger partial charge on any atom is -0.355 e. The number of rotatable bonds is 2. The fourth-order valence-corrected chi connectivity index (χ4v) is 1.13. The van der Waals surface area contributed by atoms with E-state index in [9.17, 15) is 14.9 Å². The van der Waals surface area contributed by atoms with Gasteiger partial charge in [-0.15, -0.1) is 0 Å². The third-order valence-electron chi connectivity index (χ3n) is 1.82. The predicted octanol–water partition coefficient (Wildman–Crippen LogP) is 1.26. The van der Waals surface area contributed by atoms with Gasteiger partial charge in [-0.05, 0) is 18.6 Å². The van der Waals surface area contributed by atoms with Crippen LogP contribution in [-0.2, 0) is 0 Å². The van der Waals surface area contributed by atoms with E-state index in [1.807, 2.05) is 0 Å². The van der Waals surface area contributed by atoms with Crippen molar-refractivity contribution in [3.8, 4) is 0 Å². The standard InChI is InChI=1S/C9H10N2O3/c1-6-3-4-8(11(13)14)7(5-6)9(12)10-2/h3-5H,1-2H3,(H,10,12). The van der Waals surface area contributed by atoms with Gasteiger partial charge in [0.25, 0.3) is 11.6 Å². The molecule has 0 bridgehead atoms. The summed E-state index contributed by atoms with van der Waals surface area (Å²) >= 11 is 0. The molecule has 0 fully saturated rings. The van der Waals surface area contributed by atoms with Crippen LogP contribution in [0.1, 0.15) is 15.9 Å². The molecule has 0 unspecified atom stereocenters. The molecular formula is C9H10N2O3. The maximum Gasteiger partial charge on any atom is 0.282 e. The van der Waals surface area contributed by atoms with Crippen LogP contribution in [0.2, 0.25) is 0 Å². The van der Waals surface area contributed by atoms with Crippen LogP contribution in [0.4, 0.5) is 5.69 Å². The van der Waals surface area contributed by atoms with Crippen molar-refractivity contribution in [3.63, 3.8) is 0 Å². The number of nitrogens with one attached hydrogen (secondary N) is 1. The summed E-state index contributed by atoms with van der Waals surface area (Å²) in [6.07, 6.45) is 0. The molecule has 74 valence electrons. The topological polar surface area (TPSA) is 72.2 Å². The second-order valence-corrected chi connectivity index (χ2v) is 2.86. The Morgan fingerprint density at radius 2 is 2.14 bits per heavy atom. The van der Waals surface area contributed by atoms with E-state index in [1.165, 1.54) is 19.2 Å². The largest absolute Gasteiger partial charge is 0.355 e. The predicted molar refractivity (Wildman–Crippen MR) is 51.2 cm³/mol. The third-order valence-corrected chi connectivity index (χ3v) is 1.82. The van der Waals surface area contributed by atoms with E-state index in [-0.39, 0.29) is 11.3 Å². The Balaban J connectivity index is 3.29. The number of nitro benzene ring substituents is 1. The van der Waals surface area contributed by atoms with E-state index in [0.717, 1.165) is 5.56 Å². The summed E-state index contributed by atoms with van der Waals surface area (Å²) in [5.41, 5.74) is 0.738. The molecule has 14 heavy (non-hydrogen) atoms. The van der Waals surface area contributed by atoms with Gasteiger partial charge in [0.15, 0.2) is 0 Å². The van der Waals surface area contributed by atoms with Crippen molar-refractivity contribution < 1.29 is 9.72 Å². The summed E-state index contributed by atoms with van der Waals surface area (Å²) in [6, 6.07) is 4.43. The highest BCUT2D eigenvalue weighted by atomic mass is 16.6. The monoisotopic (exact) mass is 194 g/mol. The molecule has 0 aliphatic carbocycles. The minimum absolute atomic E-state index is 0.0949. The molecule has 1 N–H and O–H groups in total. The van der Waals surface area contributed by atoms with Crippen molar-refractivity contribution in [2.75, 3.05) is 7.05 Å². The van der Waals surface area contributed by atoms with E-state index < -0.39 is 10.8 Å². The zero-order valence-electron chi connectivity index (χ0n) is 7.90. The Bertz CT molecular complexity index is 388. The molecule has 0 aromatic heterocycles. The number of carbonyl (C=O) groups is 1. The van der Waals surface area contributed by atoms with Crippen LogP contribution in [-0.4, -0.2) is 17.9 Å². The molecule has 0 heterocycles. The van der Waals surface area contributed by atoms with E-state index in [0.29, 0.717) is 0 Å². The first kappa shape index (κ1) is 10.2. The first-order valence-corrected chi connectivity index (χ1v) is 4.03. The molecule has 0 spiro atoms. The van der Waals surface area contributed by atoms with Crippen molar-refractivity contribution in [1.82, 2.24) is 5.32 Å². The molecule has 5 nitrogen and oxygen atoms in total. The van der Waals surface area contributed by atoms with E-state index in [2.05, 4.69) is 5.32 Å². The Morgan fingerprint density at radius 1 is 1.50 bits per heavy atom. The number of aryl methyl sites for hydroxylation is 1. The molecule has 1 aromatic carbocycles. The molecule has 0 aliphatic rings. The van der Waals surface area contributed by atoms with Gasteiger partial charge in [-0.25, -0.2) is 0 Å². The molecule has 0 saturated heterocycles. The average molecular weight is 194 g/mol. The molecule has 0 radical (unpaired) electrons. The normalized spacial score (nSPS) is 9.57. The van der Waals surface area contributed by atoms with Gasteiger partial charge >= 0.3 is 0 Å². The number of benzene rings is 1. The molecule has 5 heteroatoms. The molecule has 0 aliphatic heterocycles. The summed E-state index contributed by atoms with van der Waals surface area (Å²) in [7, 11) is 1.44. The van der Waals surface area contributed by atoms with E-state index >= 15 is 0 Å². The third kappa shape index (κ3) is 1.87. The number of amides is 1. The van der Waals surface area contributed by atoms with Crippen molar-refractivity contribution in [3.05, 3.63) is 39.4 Å². The summed E-state index contributed by atoms with van der Waals surface area (Å²) < 4.78 is 0. The zero-order valence-corrected chi connectivity index (χ0v) is 7.90. The average Bonchev–Trinajstić information content (AvgIpc) is 2.16. The molecule has 1 aromatic rings. The summed E-state index contributed by atoms with van der Waals surface area (Å²) in [5.74, 6) is -0.444. The van der Waals surface area contributed by atoms with E-state index in [4.69, 9.17) is 0 Å². The molecule has 1 amide bonds. The zero-order chi connectivity index (χ0) is 10.7. The Labute approximate surface area is 80.9 Å². The lowest BCUT2D eigenvalue weighted by Crippen LogP contribution is -2.19. The Morgan fingerprint density at radius 3 is 2.64 bits per heavy atom. The van der Waals surface area contributed by atoms with Crippen molar-refractivity contribution in [2.24, 2.45) is 0 Å². The number of nitro groups is 1. The van der Waals surface area contributed by atoms with E-state index in [1.54, 1.807) is 13.0 Å². The van der Waals surface area contributed by atoms with Crippen LogP contribution < -0.4 is 5.32 Å². The highest BCUT2D eigenvalue weighted by molar-refractivity contribution is 5.98. The van der Waals surface area contributed by atoms with Crippen LogP contribution in [0.25, 0.3) is 0 Å². The molecular weight excluding hydrogens is 184 g/mol. The van der Waals surface area contributed by atoms with Crippen LogP contribution in [0, 0.1) is 17.0 Å². The quantitative estimate of drug-likeness (QED) is 0.569. The Kier molecular flexibility index (Phi) is 2.81. The lowest BCUT2D eigenvalue weighted by molar-refractivity contribution is -0.385. The lowest BCUT2D eigenvalue weighted by atomic mass is 10.1. The van der Waals surface area contributed by atoms with Gasteiger partial charge in [-0.3, -0.25) is 14.9 Å². The number of carbonyl (C=O) groups excluding carboxylic acids is 1. The highest BCUT2D eigenvalue weighted by Crippen LogP contribution is 2.19. The van der Waals surface area contributed by atoms with Crippen molar-refractivity contribution in [2.45, 2.75) is 6.92 Å². The van der Waals surface area contributed by atoms with Crippen molar-refractivity contribution >= 4 is 11.6 Å². The van der Waals surface area contributed by atoms with Gasteiger partial charge in [-0.1, -0.05) is 6.07 Å². The van der Waals surface area contributed by atoms with Gasteiger partial charge in [0.1, 0.15) is 5.56 Å². The van der Waals surface area contributed by atoms with Crippen LogP contribution in [0.3, 0.4) is 0 Å². The summed E-state index contributed by atoms with van der Waals surface area (Å²) in [6.45, 7) is 1.77. The Hall–Kier alpha value is -1.91. The second-order valence-electron chi connectivity index (χ2n) is 2.86. The molecule has 0 saturated carbocycles. The van der Waals surface area contributed by atoms with Gasteiger partial charge < -0.3 is 5.32 Å². The first-order valence-electron chi connectivity index (χ1n) is 4.03. The van der Waals surface area contributed by atoms with Gasteiger partial charge in [0.05, 0.1) is 4.92 Å². The number of hydrogen-bond acceptors (Lipinski definition) is 3. The van der Waals surface area contributed by atoms with Gasteiger partial charge in [-0.2, -0.15) is 0 Å². The van der Waals surface area contributed by atoms with Crippen molar-refractivity contribution in [1.29, 1.82) is 0 Å². The highest BCUT2D eigenvalue weighted by Gasteiger charge is 2.18.